The number of hydrogen-bond donors (Lipinski definition) is 1. The van der Waals surface area contributed by atoms with E-state index in [0.717, 1.165) is 23.4 Å². The van der Waals surface area contributed by atoms with Gasteiger partial charge in [-0.2, -0.15) is 13.2 Å². The zero-order chi connectivity index (χ0) is 26.1. The van der Waals surface area contributed by atoms with Gasteiger partial charge in [-0.1, -0.05) is 36.4 Å². The molecule has 192 valence electrons. The van der Waals surface area contributed by atoms with Gasteiger partial charge in [-0.3, -0.25) is 0 Å². The molecule has 0 aliphatic carbocycles. The standard InChI is InChI=1S/C26H28F3N3O3S/c1-25(2,3)31-36(33,34)23-15-19(18-7-5-4-6-8-18)9-11-22(23)32-14-13-21(17-32)35-24-12-10-20(16-30-24)26(27,28)29/h4-12,15-16,21,31H,13-14,17H2,1-3H3/t21-/m0/s1. The first-order valence-electron chi connectivity index (χ1n) is 11.5. The topological polar surface area (TPSA) is 71.5 Å². The maximum absolute atomic E-state index is 13.4. The summed E-state index contributed by atoms with van der Waals surface area (Å²) in [6, 6.07) is 17.0. The molecule has 0 spiro atoms. The second kappa shape index (κ2) is 9.74. The number of hydrogen-bond acceptors (Lipinski definition) is 5. The number of alkyl halides is 3. The normalized spacial score (nSPS) is 16.8. The van der Waals surface area contributed by atoms with Gasteiger partial charge in [0, 0.05) is 30.8 Å². The molecule has 36 heavy (non-hydrogen) atoms. The van der Waals surface area contributed by atoms with E-state index in [4.69, 9.17) is 4.74 Å². The number of rotatable bonds is 6. The van der Waals surface area contributed by atoms with Crippen molar-refractivity contribution in [2.45, 2.75) is 49.9 Å². The van der Waals surface area contributed by atoms with Crippen LogP contribution in [-0.2, 0) is 16.2 Å². The number of anilines is 1. The van der Waals surface area contributed by atoms with Gasteiger partial charge in [-0.25, -0.2) is 18.1 Å². The van der Waals surface area contributed by atoms with E-state index in [1.807, 2.05) is 41.3 Å². The SMILES string of the molecule is CC(C)(C)NS(=O)(=O)c1cc(-c2ccccc2)ccc1N1CC[C@H](Oc2ccc(C(F)(F)F)cn2)C1. The van der Waals surface area contributed by atoms with Crippen LogP contribution in [-0.4, -0.2) is 38.1 Å². The van der Waals surface area contributed by atoms with Crippen molar-refractivity contribution in [3.63, 3.8) is 0 Å². The van der Waals surface area contributed by atoms with Crippen molar-refractivity contribution >= 4 is 15.7 Å². The molecule has 1 aliphatic rings. The summed E-state index contributed by atoms with van der Waals surface area (Å²) >= 11 is 0. The fourth-order valence-electron chi connectivity index (χ4n) is 4.09. The average molecular weight is 520 g/mol. The molecule has 0 radical (unpaired) electrons. The van der Waals surface area contributed by atoms with Gasteiger partial charge in [0.05, 0.1) is 17.8 Å². The smallest absolute Gasteiger partial charge is 0.417 e. The summed E-state index contributed by atoms with van der Waals surface area (Å²) in [5.41, 5.74) is 0.686. The number of pyridine rings is 1. The van der Waals surface area contributed by atoms with Crippen LogP contribution in [0.25, 0.3) is 11.1 Å². The van der Waals surface area contributed by atoms with E-state index in [1.165, 1.54) is 6.07 Å². The van der Waals surface area contributed by atoms with Crippen LogP contribution in [0.2, 0.25) is 0 Å². The van der Waals surface area contributed by atoms with E-state index in [-0.39, 0.29) is 16.9 Å². The van der Waals surface area contributed by atoms with Crippen molar-refractivity contribution in [1.82, 2.24) is 9.71 Å². The Kier molecular flexibility index (Phi) is 7.03. The third-order valence-electron chi connectivity index (χ3n) is 5.63. The predicted molar refractivity (Wildman–Crippen MR) is 132 cm³/mol. The lowest BCUT2D eigenvalue weighted by molar-refractivity contribution is -0.137. The number of aromatic nitrogens is 1. The molecule has 1 saturated heterocycles. The molecule has 1 aliphatic heterocycles. The third-order valence-corrected chi connectivity index (χ3v) is 7.42. The van der Waals surface area contributed by atoms with Crippen molar-refractivity contribution in [2.75, 3.05) is 18.0 Å². The maximum atomic E-state index is 13.4. The van der Waals surface area contributed by atoms with E-state index in [9.17, 15) is 21.6 Å². The second-order valence-electron chi connectivity index (χ2n) is 9.76. The minimum absolute atomic E-state index is 0.0940. The first-order valence-corrected chi connectivity index (χ1v) is 13.0. The van der Waals surface area contributed by atoms with E-state index in [1.54, 1.807) is 32.9 Å². The van der Waals surface area contributed by atoms with Crippen molar-refractivity contribution in [3.05, 3.63) is 72.4 Å². The number of nitrogens with one attached hydrogen (secondary N) is 1. The summed E-state index contributed by atoms with van der Waals surface area (Å²) in [5, 5.41) is 0. The van der Waals surface area contributed by atoms with Crippen LogP contribution in [0.5, 0.6) is 5.88 Å². The highest BCUT2D eigenvalue weighted by atomic mass is 32.2. The Morgan fingerprint density at radius 2 is 1.72 bits per heavy atom. The highest BCUT2D eigenvalue weighted by molar-refractivity contribution is 7.89. The molecule has 6 nitrogen and oxygen atoms in total. The summed E-state index contributed by atoms with van der Waals surface area (Å²) in [7, 11) is -3.86. The Morgan fingerprint density at radius 1 is 1.00 bits per heavy atom. The Labute approximate surface area is 209 Å². The fourth-order valence-corrected chi connectivity index (χ4v) is 5.76. The second-order valence-corrected chi connectivity index (χ2v) is 11.4. The molecule has 10 heteroatoms. The minimum Gasteiger partial charge on any atom is -0.472 e. The molecule has 1 aromatic heterocycles. The fraction of sp³-hybridized carbons (Fsp3) is 0.346. The predicted octanol–water partition coefficient (Wildman–Crippen LogP) is 5.50. The average Bonchev–Trinajstić information content (AvgIpc) is 3.26. The van der Waals surface area contributed by atoms with E-state index >= 15 is 0 Å². The molecule has 1 fully saturated rings. The highest BCUT2D eigenvalue weighted by Gasteiger charge is 2.33. The minimum atomic E-state index is -4.47. The summed E-state index contributed by atoms with van der Waals surface area (Å²) in [5.74, 6) is 0.0940. The number of benzene rings is 2. The summed E-state index contributed by atoms with van der Waals surface area (Å²) in [4.78, 5) is 5.86. The Hall–Kier alpha value is -3.11. The maximum Gasteiger partial charge on any atom is 0.417 e. The lowest BCUT2D eigenvalue weighted by atomic mass is 10.1. The van der Waals surface area contributed by atoms with Crippen molar-refractivity contribution < 1.29 is 26.3 Å². The van der Waals surface area contributed by atoms with Gasteiger partial charge in [-0.05, 0) is 50.1 Å². The number of halogens is 3. The molecule has 1 N–H and O–H groups in total. The van der Waals surface area contributed by atoms with Gasteiger partial charge in [0.15, 0.2) is 0 Å². The third kappa shape index (κ3) is 6.17. The number of ether oxygens (including phenoxy) is 1. The number of sulfonamides is 1. The first kappa shape index (κ1) is 26.0. The molecule has 2 heterocycles. The Balaban J connectivity index is 1.60. The molecular weight excluding hydrogens is 491 g/mol. The van der Waals surface area contributed by atoms with E-state index in [0.29, 0.717) is 25.2 Å². The molecule has 0 unspecified atom stereocenters. The quantitative estimate of drug-likeness (QED) is 0.466. The Bertz CT molecular complexity index is 1310. The van der Waals surface area contributed by atoms with Crippen molar-refractivity contribution in [1.29, 1.82) is 0 Å². The summed E-state index contributed by atoms with van der Waals surface area (Å²) < 4.78 is 73.8. The van der Waals surface area contributed by atoms with Gasteiger partial charge in [-0.15, -0.1) is 0 Å². The van der Waals surface area contributed by atoms with Gasteiger partial charge >= 0.3 is 6.18 Å². The van der Waals surface area contributed by atoms with Gasteiger partial charge in [0.1, 0.15) is 11.0 Å². The zero-order valence-corrected chi connectivity index (χ0v) is 21.0. The van der Waals surface area contributed by atoms with Crippen LogP contribution in [0.4, 0.5) is 18.9 Å². The number of nitrogens with zero attached hydrogens (tertiary/aromatic N) is 2. The monoisotopic (exact) mass is 519 g/mol. The summed E-state index contributed by atoms with van der Waals surface area (Å²) in [6.45, 7) is 6.23. The molecule has 1 atom stereocenters. The van der Waals surface area contributed by atoms with E-state index in [2.05, 4.69) is 9.71 Å². The van der Waals surface area contributed by atoms with Crippen LogP contribution in [0.1, 0.15) is 32.8 Å². The molecule has 0 amide bonds. The van der Waals surface area contributed by atoms with Crippen LogP contribution in [0.3, 0.4) is 0 Å². The molecule has 0 bridgehead atoms. The van der Waals surface area contributed by atoms with Gasteiger partial charge in [0.2, 0.25) is 15.9 Å². The first-order chi connectivity index (χ1) is 16.8. The van der Waals surface area contributed by atoms with Crippen molar-refractivity contribution in [3.8, 4) is 17.0 Å². The zero-order valence-electron chi connectivity index (χ0n) is 20.2. The molecule has 3 aromatic rings. The summed E-state index contributed by atoms with van der Waals surface area (Å²) in [6.07, 6.45) is -3.51. The van der Waals surface area contributed by atoms with Crippen LogP contribution >= 0.6 is 0 Å². The Morgan fingerprint density at radius 3 is 2.33 bits per heavy atom. The largest absolute Gasteiger partial charge is 0.472 e. The molecule has 0 saturated carbocycles. The van der Waals surface area contributed by atoms with Gasteiger partial charge < -0.3 is 9.64 Å². The lowest BCUT2D eigenvalue weighted by Crippen LogP contribution is -2.41. The molecular formula is C26H28F3N3O3S. The molecule has 4 rings (SSSR count). The van der Waals surface area contributed by atoms with Crippen LogP contribution in [0.15, 0.2) is 71.8 Å². The van der Waals surface area contributed by atoms with Gasteiger partial charge in [0.25, 0.3) is 0 Å². The molecule has 2 aromatic carbocycles. The van der Waals surface area contributed by atoms with Crippen LogP contribution in [0, 0.1) is 0 Å². The van der Waals surface area contributed by atoms with Crippen LogP contribution < -0.4 is 14.4 Å². The highest BCUT2D eigenvalue weighted by Crippen LogP contribution is 2.34. The lowest BCUT2D eigenvalue weighted by Gasteiger charge is -2.26. The van der Waals surface area contributed by atoms with Crippen molar-refractivity contribution in [2.24, 2.45) is 0 Å². The van der Waals surface area contributed by atoms with E-state index < -0.39 is 27.3 Å².